The molecule has 0 aromatic rings. The van der Waals surface area contributed by atoms with Gasteiger partial charge in [0.05, 0.1) is 0 Å². The van der Waals surface area contributed by atoms with Crippen molar-refractivity contribution in [3.05, 3.63) is 0 Å². The average Bonchev–Trinajstić information content (AvgIpc) is 2.22. The molecule has 0 amide bonds. The van der Waals surface area contributed by atoms with Crippen LogP contribution in [0.25, 0.3) is 0 Å². The van der Waals surface area contributed by atoms with Crippen LogP contribution in [0.3, 0.4) is 0 Å². The van der Waals surface area contributed by atoms with E-state index in [0.717, 1.165) is 24.4 Å². The van der Waals surface area contributed by atoms with Crippen LogP contribution >= 0.6 is 11.8 Å². The van der Waals surface area contributed by atoms with Gasteiger partial charge in [-0.25, -0.2) is 0 Å². The molecule has 0 aromatic carbocycles. The Morgan fingerprint density at radius 2 is 2.13 bits per heavy atom. The third-order valence-electron chi connectivity index (χ3n) is 3.63. The Morgan fingerprint density at radius 3 is 2.80 bits per heavy atom. The molecule has 0 bridgehead atoms. The summed E-state index contributed by atoms with van der Waals surface area (Å²) in [5.41, 5.74) is 0. The maximum absolute atomic E-state index is 3.68. The molecule has 3 unspecified atom stereocenters. The lowest BCUT2D eigenvalue weighted by molar-refractivity contribution is 0.204. The molecule has 1 fully saturated rings. The molecule has 0 heterocycles. The van der Waals surface area contributed by atoms with Crippen molar-refractivity contribution in [2.75, 3.05) is 18.6 Å². The molecule has 1 nitrogen and oxygen atoms in total. The van der Waals surface area contributed by atoms with Crippen LogP contribution in [-0.2, 0) is 0 Å². The standard InChI is InChI=1S/C13H27NS/c1-4-14-13-8-7-11(2)10-12(13)6-5-9-15-3/h11-14H,4-10H2,1-3H3. The lowest BCUT2D eigenvalue weighted by Crippen LogP contribution is -2.40. The van der Waals surface area contributed by atoms with Gasteiger partial charge in [-0.1, -0.05) is 13.8 Å². The Balaban J connectivity index is 2.32. The molecule has 0 aliphatic heterocycles. The number of nitrogens with one attached hydrogen (secondary N) is 1. The molecule has 3 atom stereocenters. The summed E-state index contributed by atoms with van der Waals surface area (Å²) in [6, 6.07) is 0.813. The number of thioether (sulfide) groups is 1. The van der Waals surface area contributed by atoms with E-state index < -0.39 is 0 Å². The van der Waals surface area contributed by atoms with E-state index in [0.29, 0.717) is 0 Å². The Kier molecular flexibility index (Phi) is 6.74. The lowest BCUT2D eigenvalue weighted by Gasteiger charge is -2.35. The predicted octanol–water partition coefficient (Wildman–Crippen LogP) is 3.54. The first-order chi connectivity index (χ1) is 7.27. The first kappa shape index (κ1) is 13.4. The van der Waals surface area contributed by atoms with Gasteiger partial charge in [0.2, 0.25) is 0 Å². The molecule has 15 heavy (non-hydrogen) atoms. The van der Waals surface area contributed by atoms with Crippen molar-refractivity contribution in [2.45, 2.75) is 52.0 Å². The molecule has 0 spiro atoms. The van der Waals surface area contributed by atoms with E-state index in [1.54, 1.807) is 0 Å². The summed E-state index contributed by atoms with van der Waals surface area (Å²) in [6.07, 6.45) is 9.33. The van der Waals surface area contributed by atoms with E-state index >= 15 is 0 Å². The second-order valence-corrected chi connectivity index (χ2v) is 5.96. The van der Waals surface area contributed by atoms with E-state index in [1.807, 2.05) is 11.8 Å². The predicted molar refractivity (Wildman–Crippen MR) is 71.6 cm³/mol. The SMILES string of the molecule is CCNC1CCC(C)CC1CCCSC. The summed E-state index contributed by atoms with van der Waals surface area (Å²) in [4.78, 5) is 0. The average molecular weight is 229 g/mol. The van der Waals surface area contributed by atoms with Crippen LogP contribution in [0.1, 0.15) is 46.0 Å². The zero-order chi connectivity index (χ0) is 11.1. The van der Waals surface area contributed by atoms with E-state index in [-0.39, 0.29) is 0 Å². The van der Waals surface area contributed by atoms with Crippen molar-refractivity contribution in [1.82, 2.24) is 5.32 Å². The van der Waals surface area contributed by atoms with Gasteiger partial charge < -0.3 is 5.32 Å². The lowest BCUT2D eigenvalue weighted by atomic mass is 9.77. The third-order valence-corrected chi connectivity index (χ3v) is 4.33. The summed E-state index contributed by atoms with van der Waals surface area (Å²) in [5, 5.41) is 3.68. The van der Waals surface area contributed by atoms with Crippen LogP contribution in [0.2, 0.25) is 0 Å². The summed E-state index contributed by atoms with van der Waals surface area (Å²) >= 11 is 1.99. The highest BCUT2D eigenvalue weighted by Gasteiger charge is 2.27. The molecule has 1 aliphatic rings. The Morgan fingerprint density at radius 1 is 1.33 bits per heavy atom. The Labute approximate surface area is 99.8 Å². The minimum Gasteiger partial charge on any atom is -0.314 e. The highest BCUT2D eigenvalue weighted by Crippen LogP contribution is 2.32. The molecule has 90 valence electrons. The van der Waals surface area contributed by atoms with E-state index in [1.165, 1.54) is 37.9 Å². The fourth-order valence-corrected chi connectivity index (χ4v) is 3.29. The van der Waals surface area contributed by atoms with Crippen molar-refractivity contribution in [2.24, 2.45) is 11.8 Å². The van der Waals surface area contributed by atoms with Crippen LogP contribution in [0, 0.1) is 11.8 Å². The molecule has 0 radical (unpaired) electrons. The molecule has 1 saturated carbocycles. The van der Waals surface area contributed by atoms with Crippen LogP contribution < -0.4 is 5.32 Å². The molecule has 1 rings (SSSR count). The molecule has 0 aromatic heterocycles. The van der Waals surface area contributed by atoms with Gasteiger partial charge in [-0.2, -0.15) is 11.8 Å². The highest BCUT2D eigenvalue weighted by atomic mass is 32.2. The van der Waals surface area contributed by atoms with Crippen LogP contribution in [-0.4, -0.2) is 24.6 Å². The van der Waals surface area contributed by atoms with Gasteiger partial charge in [-0.05, 0) is 62.5 Å². The fraction of sp³-hybridized carbons (Fsp3) is 1.00. The molecular weight excluding hydrogens is 202 g/mol. The summed E-state index contributed by atoms with van der Waals surface area (Å²) in [6.45, 7) is 5.79. The summed E-state index contributed by atoms with van der Waals surface area (Å²) < 4.78 is 0. The van der Waals surface area contributed by atoms with Gasteiger partial charge >= 0.3 is 0 Å². The van der Waals surface area contributed by atoms with Crippen molar-refractivity contribution in [3.8, 4) is 0 Å². The van der Waals surface area contributed by atoms with Gasteiger partial charge in [0.25, 0.3) is 0 Å². The first-order valence-electron chi connectivity index (χ1n) is 6.50. The quantitative estimate of drug-likeness (QED) is 0.699. The number of rotatable bonds is 6. The maximum Gasteiger partial charge on any atom is 0.00954 e. The Hall–Kier alpha value is 0.310. The first-order valence-corrected chi connectivity index (χ1v) is 7.89. The van der Waals surface area contributed by atoms with Gasteiger partial charge in [0.15, 0.2) is 0 Å². The van der Waals surface area contributed by atoms with Gasteiger partial charge in [-0.3, -0.25) is 0 Å². The highest BCUT2D eigenvalue weighted by molar-refractivity contribution is 7.98. The van der Waals surface area contributed by atoms with Crippen molar-refractivity contribution >= 4 is 11.8 Å². The zero-order valence-electron chi connectivity index (χ0n) is 10.6. The zero-order valence-corrected chi connectivity index (χ0v) is 11.4. The molecule has 1 aliphatic carbocycles. The van der Waals surface area contributed by atoms with E-state index in [2.05, 4.69) is 25.4 Å². The van der Waals surface area contributed by atoms with Crippen LogP contribution in [0.15, 0.2) is 0 Å². The van der Waals surface area contributed by atoms with Gasteiger partial charge in [-0.15, -0.1) is 0 Å². The second kappa shape index (κ2) is 7.56. The monoisotopic (exact) mass is 229 g/mol. The molecule has 1 N–H and O–H groups in total. The largest absolute Gasteiger partial charge is 0.314 e. The second-order valence-electron chi connectivity index (χ2n) is 4.98. The summed E-state index contributed by atoms with van der Waals surface area (Å²) in [5.74, 6) is 3.24. The molecule has 0 saturated heterocycles. The van der Waals surface area contributed by atoms with Crippen molar-refractivity contribution in [1.29, 1.82) is 0 Å². The van der Waals surface area contributed by atoms with Crippen molar-refractivity contribution < 1.29 is 0 Å². The van der Waals surface area contributed by atoms with E-state index in [4.69, 9.17) is 0 Å². The summed E-state index contributed by atoms with van der Waals surface area (Å²) in [7, 11) is 0. The minimum atomic E-state index is 0.813. The minimum absolute atomic E-state index is 0.813. The smallest absolute Gasteiger partial charge is 0.00954 e. The van der Waals surface area contributed by atoms with Crippen molar-refractivity contribution in [3.63, 3.8) is 0 Å². The topological polar surface area (TPSA) is 12.0 Å². The number of hydrogen-bond acceptors (Lipinski definition) is 2. The maximum atomic E-state index is 3.68. The normalized spacial score (nSPS) is 31.8. The molecular formula is C13H27NS. The van der Waals surface area contributed by atoms with Gasteiger partial charge in [0, 0.05) is 6.04 Å². The van der Waals surface area contributed by atoms with Crippen LogP contribution in [0.5, 0.6) is 0 Å². The third kappa shape index (κ3) is 4.78. The Bertz CT molecular complexity index is 161. The number of hydrogen-bond donors (Lipinski definition) is 1. The molecule has 2 heteroatoms. The fourth-order valence-electron chi connectivity index (χ4n) is 2.84. The van der Waals surface area contributed by atoms with Crippen LogP contribution in [0.4, 0.5) is 0 Å². The van der Waals surface area contributed by atoms with Gasteiger partial charge in [0.1, 0.15) is 0 Å². The van der Waals surface area contributed by atoms with E-state index in [9.17, 15) is 0 Å².